The molecule has 0 aliphatic heterocycles. The minimum atomic E-state index is -0.896. The molecule has 18 heavy (non-hydrogen) atoms. The van der Waals surface area contributed by atoms with Crippen LogP contribution in [0.15, 0.2) is 24.3 Å². The van der Waals surface area contributed by atoms with Crippen LogP contribution in [0.3, 0.4) is 0 Å². The fraction of sp³-hybridized carbons (Fsp3) is 0.385. The molecule has 1 unspecified atom stereocenters. The topological polar surface area (TPSA) is 75.6 Å². The van der Waals surface area contributed by atoms with Crippen molar-refractivity contribution >= 4 is 17.6 Å². The van der Waals surface area contributed by atoms with Gasteiger partial charge in [0.1, 0.15) is 6.61 Å². The van der Waals surface area contributed by atoms with E-state index in [-0.39, 0.29) is 12.5 Å². The first-order valence-electron chi connectivity index (χ1n) is 5.75. The Balaban J connectivity index is 2.70. The number of carboxylic acids is 1. The van der Waals surface area contributed by atoms with Crippen LogP contribution in [0.1, 0.15) is 25.3 Å². The van der Waals surface area contributed by atoms with Crippen LogP contribution >= 0.6 is 0 Å². The predicted octanol–water partition coefficient (Wildman–Crippen LogP) is 1.85. The van der Waals surface area contributed by atoms with Crippen LogP contribution in [0.4, 0.5) is 5.69 Å². The van der Waals surface area contributed by atoms with Crippen molar-refractivity contribution < 1.29 is 19.4 Å². The second-order valence-corrected chi connectivity index (χ2v) is 3.87. The summed E-state index contributed by atoms with van der Waals surface area (Å²) in [4.78, 5) is 22.3. The molecule has 0 radical (unpaired) electrons. The Morgan fingerprint density at radius 3 is 2.78 bits per heavy atom. The van der Waals surface area contributed by atoms with Crippen LogP contribution in [0, 0.1) is 0 Å². The Hall–Kier alpha value is -1.88. The van der Waals surface area contributed by atoms with Crippen LogP contribution < -0.4 is 5.32 Å². The third-order valence-corrected chi connectivity index (χ3v) is 2.48. The van der Waals surface area contributed by atoms with Crippen LogP contribution in [-0.2, 0) is 14.3 Å². The van der Waals surface area contributed by atoms with Gasteiger partial charge in [0, 0.05) is 12.3 Å². The number of ether oxygens (including phenoxy) is 1. The Bertz CT molecular complexity index is 431. The van der Waals surface area contributed by atoms with Crippen molar-refractivity contribution in [3.8, 4) is 0 Å². The number of nitrogens with one attached hydrogen (secondary N) is 1. The van der Waals surface area contributed by atoms with Gasteiger partial charge in [0.2, 0.25) is 5.91 Å². The molecule has 0 heterocycles. The monoisotopic (exact) mass is 251 g/mol. The quantitative estimate of drug-likeness (QED) is 0.809. The lowest BCUT2D eigenvalue weighted by atomic mass is 10.0. The highest BCUT2D eigenvalue weighted by Crippen LogP contribution is 2.19. The number of rotatable bonds is 6. The largest absolute Gasteiger partial charge is 0.481 e. The number of benzene rings is 1. The minimum Gasteiger partial charge on any atom is -0.481 e. The normalized spacial score (nSPS) is 11.9. The molecule has 1 rings (SSSR count). The van der Waals surface area contributed by atoms with Gasteiger partial charge in [-0.1, -0.05) is 12.1 Å². The molecule has 1 atom stereocenters. The predicted molar refractivity (Wildman–Crippen MR) is 67.6 cm³/mol. The molecule has 0 fully saturated rings. The molecule has 0 aromatic heterocycles. The smallest absolute Gasteiger partial charge is 0.310 e. The molecule has 1 aromatic rings. The highest BCUT2D eigenvalue weighted by atomic mass is 16.5. The van der Waals surface area contributed by atoms with Crippen LogP contribution in [-0.4, -0.2) is 30.2 Å². The average Bonchev–Trinajstić information content (AvgIpc) is 2.35. The molecule has 5 heteroatoms. The SMILES string of the molecule is CCOCC(=O)Nc1cccc(C(C)C(=O)O)c1. The Labute approximate surface area is 106 Å². The van der Waals surface area contributed by atoms with E-state index in [1.807, 2.05) is 6.92 Å². The molecule has 0 bridgehead atoms. The van der Waals surface area contributed by atoms with E-state index in [9.17, 15) is 9.59 Å². The number of anilines is 1. The summed E-state index contributed by atoms with van der Waals surface area (Å²) in [6, 6.07) is 6.80. The van der Waals surface area contributed by atoms with Crippen LogP contribution in [0.2, 0.25) is 0 Å². The van der Waals surface area contributed by atoms with Gasteiger partial charge in [-0.15, -0.1) is 0 Å². The molecule has 0 saturated carbocycles. The summed E-state index contributed by atoms with van der Waals surface area (Å²) in [6.07, 6.45) is 0. The lowest BCUT2D eigenvalue weighted by Gasteiger charge is -2.10. The maximum Gasteiger partial charge on any atom is 0.310 e. The molecule has 0 saturated heterocycles. The summed E-state index contributed by atoms with van der Waals surface area (Å²) >= 11 is 0. The first kappa shape index (κ1) is 14.2. The summed E-state index contributed by atoms with van der Waals surface area (Å²) in [5.41, 5.74) is 1.22. The molecule has 1 amide bonds. The third-order valence-electron chi connectivity index (χ3n) is 2.48. The van der Waals surface area contributed by atoms with Crippen molar-refractivity contribution in [1.29, 1.82) is 0 Å². The molecule has 5 nitrogen and oxygen atoms in total. The lowest BCUT2D eigenvalue weighted by Crippen LogP contribution is -2.18. The highest BCUT2D eigenvalue weighted by Gasteiger charge is 2.14. The summed E-state index contributed by atoms with van der Waals surface area (Å²) in [5, 5.41) is 11.6. The van der Waals surface area contributed by atoms with E-state index in [1.165, 1.54) is 0 Å². The van der Waals surface area contributed by atoms with Gasteiger partial charge in [0.05, 0.1) is 5.92 Å². The number of carbonyl (C=O) groups is 2. The summed E-state index contributed by atoms with van der Waals surface area (Å²) in [7, 11) is 0. The molecular weight excluding hydrogens is 234 g/mol. The number of hydrogen-bond donors (Lipinski definition) is 2. The molecule has 2 N–H and O–H groups in total. The van der Waals surface area contributed by atoms with Gasteiger partial charge in [-0.25, -0.2) is 0 Å². The maximum atomic E-state index is 11.4. The third kappa shape index (κ3) is 4.18. The number of carbonyl (C=O) groups excluding carboxylic acids is 1. The van der Waals surface area contributed by atoms with E-state index in [2.05, 4.69) is 5.32 Å². The van der Waals surface area contributed by atoms with E-state index in [0.717, 1.165) is 0 Å². The minimum absolute atomic E-state index is 0.00475. The van der Waals surface area contributed by atoms with Gasteiger partial charge >= 0.3 is 5.97 Å². The fourth-order valence-electron chi connectivity index (χ4n) is 1.42. The fourth-order valence-corrected chi connectivity index (χ4v) is 1.42. The van der Waals surface area contributed by atoms with Crippen molar-refractivity contribution in [1.82, 2.24) is 0 Å². The van der Waals surface area contributed by atoms with Gasteiger partial charge in [0.15, 0.2) is 0 Å². The van der Waals surface area contributed by atoms with Crippen LogP contribution in [0.25, 0.3) is 0 Å². The van der Waals surface area contributed by atoms with Gasteiger partial charge in [-0.05, 0) is 31.5 Å². The zero-order valence-corrected chi connectivity index (χ0v) is 10.5. The zero-order chi connectivity index (χ0) is 13.5. The second kappa shape index (κ2) is 6.76. The molecular formula is C13H17NO4. The molecule has 0 spiro atoms. The highest BCUT2D eigenvalue weighted by molar-refractivity contribution is 5.92. The van der Waals surface area contributed by atoms with Crippen molar-refractivity contribution in [2.45, 2.75) is 19.8 Å². The summed E-state index contributed by atoms with van der Waals surface area (Å²) < 4.78 is 4.98. The van der Waals surface area contributed by atoms with Crippen molar-refractivity contribution in [3.63, 3.8) is 0 Å². The molecule has 1 aromatic carbocycles. The first-order valence-corrected chi connectivity index (χ1v) is 5.75. The second-order valence-electron chi connectivity index (χ2n) is 3.87. The Morgan fingerprint density at radius 1 is 1.44 bits per heavy atom. The maximum absolute atomic E-state index is 11.4. The van der Waals surface area contributed by atoms with Gasteiger partial charge < -0.3 is 15.2 Å². The molecule has 98 valence electrons. The number of amides is 1. The van der Waals surface area contributed by atoms with E-state index >= 15 is 0 Å². The Kier molecular flexibility index (Phi) is 5.32. The van der Waals surface area contributed by atoms with Crippen LogP contribution in [0.5, 0.6) is 0 Å². The number of hydrogen-bond acceptors (Lipinski definition) is 3. The molecule has 0 aliphatic carbocycles. The van der Waals surface area contributed by atoms with E-state index in [0.29, 0.717) is 17.9 Å². The van der Waals surface area contributed by atoms with Crippen molar-refractivity contribution in [3.05, 3.63) is 29.8 Å². The average molecular weight is 251 g/mol. The number of carboxylic acid groups (broad SMARTS) is 1. The molecule has 0 aliphatic rings. The standard InChI is InChI=1S/C13H17NO4/c1-3-18-8-12(15)14-11-6-4-5-10(7-11)9(2)13(16)17/h4-7,9H,3,8H2,1-2H3,(H,14,15)(H,16,17). The van der Waals surface area contributed by atoms with E-state index in [4.69, 9.17) is 9.84 Å². The van der Waals surface area contributed by atoms with Crippen molar-refractivity contribution in [2.75, 3.05) is 18.5 Å². The zero-order valence-electron chi connectivity index (χ0n) is 10.5. The van der Waals surface area contributed by atoms with E-state index < -0.39 is 11.9 Å². The van der Waals surface area contributed by atoms with Gasteiger partial charge in [0.25, 0.3) is 0 Å². The Morgan fingerprint density at radius 2 is 2.17 bits per heavy atom. The van der Waals surface area contributed by atoms with Gasteiger partial charge in [-0.3, -0.25) is 9.59 Å². The van der Waals surface area contributed by atoms with Gasteiger partial charge in [-0.2, -0.15) is 0 Å². The first-order chi connectivity index (χ1) is 8.54. The lowest BCUT2D eigenvalue weighted by molar-refractivity contribution is -0.138. The summed E-state index contributed by atoms with van der Waals surface area (Å²) in [6.45, 7) is 3.88. The number of aliphatic carboxylic acids is 1. The van der Waals surface area contributed by atoms with Crippen molar-refractivity contribution in [2.24, 2.45) is 0 Å². The summed E-state index contributed by atoms with van der Waals surface area (Å²) in [5.74, 6) is -1.75. The van der Waals surface area contributed by atoms with E-state index in [1.54, 1.807) is 31.2 Å².